The second-order valence-corrected chi connectivity index (χ2v) is 5.45. The lowest BCUT2D eigenvalue weighted by Gasteiger charge is -2.43. The first-order chi connectivity index (χ1) is 5.96. The zero-order valence-corrected chi connectivity index (χ0v) is 9.22. The van der Waals surface area contributed by atoms with Gasteiger partial charge < -0.3 is 11.5 Å². The van der Waals surface area contributed by atoms with E-state index >= 15 is 0 Å². The average Bonchev–Trinajstić information content (AvgIpc) is 1.94. The summed E-state index contributed by atoms with van der Waals surface area (Å²) >= 11 is 0. The number of hydrogen-bond acceptors (Lipinski definition) is 2. The average molecular weight is 184 g/mol. The molecule has 0 amide bonds. The van der Waals surface area contributed by atoms with E-state index in [0.717, 1.165) is 25.3 Å². The SMILES string of the molecule is CC1CC(C)(C)CC(N)C1CCN. The topological polar surface area (TPSA) is 52.0 Å². The van der Waals surface area contributed by atoms with Crippen LogP contribution in [0.4, 0.5) is 0 Å². The summed E-state index contributed by atoms with van der Waals surface area (Å²) in [4.78, 5) is 0. The molecule has 0 aromatic heterocycles. The summed E-state index contributed by atoms with van der Waals surface area (Å²) in [5.74, 6) is 1.39. The fourth-order valence-corrected chi connectivity index (χ4v) is 3.01. The molecule has 0 aromatic carbocycles. The van der Waals surface area contributed by atoms with Gasteiger partial charge in [0.1, 0.15) is 0 Å². The molecule has 1 saturated carbocycles. The van der Waals surface area contributed by atoms with Gasteiger partial charge in [-0.05, 0) is 43.1 Å². The molecule has 0 saturated heterocycles. The maximum atomic E-state index is 6.18. The van der Waals surface area contributed by atoms with Gasteiger partial charge in [-0.3, -0.25) is 0 Å². The Morgan fingerprint density at radius 1 is 1.31 bits per heavy atom. The Balaban J connectivity index is 2.59. The molecule has 1 aliphatic carbocycles. The maximum Gasteiger partial charge on any atom is 0.00752 e. The van der Waals surface area contributed by atoms with Crippen molar-refractivity contribution < 1.29 is 0 Å². The molecule has 1 fully saturated rings. The normalized spacial score (nSPS) is 39.0. The van der Waals surface area contributed by atoms with E-state index in [1.165, 1.54) is 6.42 Å². The highest BCUT2D eigenvalue weighted by molar-refractivity contribution is 4.90. The summed E-state index contributed by atoms with van der Waals surface area (Å²) in [5, 5.41) is 0. The van der Waals surface area contributed by atoms with Crippen molar-refractivity contribution in [2.45, 2.75) is 46.1 Å². The lowest BCUT2D eigenvalue weighted by atomic mass is 9.65. The minimum absolute atomic E-state index is 0.363. The lowest BCUT2D eigenvalue weighted by molar-refractivity contribution is 0.101. The fraction of sp³-hybridized carbons (Fsp3) is 1.00. The summed E-state index contributed by atoms with van der Waals surface area (Å²) in [6.07, 6.45) is 3.55. The quantitative estimate of drug-likeness (QED) is 0.687. The van der Waals surface area contributed by atoms with Crippen LogP contribution in [0.3, 0.4) is 0 Å². The van der Waals surface area contributed by atoms with Crippen LogP contribution in [0.25, 0.3) is 0 Å². The van der Waals surface area contributed by atoms with Crippen molar-refractivity contribution in [1.29, 1.82) is 0 Å². The minimum atomic E-state index is 0.363. The van der Waals surface area contributed by atoms with E-state index in [-0.39, 0.29) is 0 Å². The molecular weight excluding hydrogens is 160 g/mol. The van der Waals surface area contributed by atoms with Gasteiger partial charge in [0, 0.05) is 6.04 Å². The van der Waals surface area contributed by atoms with Crippen LogP contribution in [0.1, 0.15) is 40.0 Å². The lowest BCUT2D eigenvalue weighted by Crippen LogP contribution is -2.44. The van der Waals surface area contributed by atoms with Crippen LogP contribution in [0.5, 0.6) is 0 Å². The van der Waals surface area contributed by atoms with Crippen molar-refractivity contribution in [1.82, 2.24) is 0 Å². The molecule has 0 radical (unpaired) electrons. The van der Waals surface area contributed by atoms with Crippen molar-refractivity contribution in [3.05, 3.63) is 0 Å². The van der Waals surface area contributed by atoms with Crippen molar-refractivity contribution in [2.75, 3.05) is 6.54 Å². The van der Waals surface area contributed by atoms with Gasteiger partial charge in [0.15, 0.2) is 0 Å². The van der Waals surface area contributed by atoms with Gasteiger partial charge in [0.05, 0.1) is 0 Å². The largest absolute Gasteiger partial charge is 0.330 e. The predicted molar refractivity (Wildman–Crippen MR) is 57.3 cm³/mol. The van der Waals surface area contributed by atoms with Crippen LogP contribution in [-0.4, -0.2) is 12.6 Å². The van der Waals surface area contributed by atoms with Crippen LogP contribution in [0.2, 0.25) is 0 Å². The maximum absolute atomic E-state index is 6.18. The number of rotatable bonds is 2. The molecule has 1 rings (SSSR count). The van der Waals surface area contributed by atoms with Gasteiger partial charge in [-0.25, -0.2) is 0 Å². The van der Waals surface area contributed by atoms with E-state index in [9.17, 15) is 0 Å². The third-order valence-corrected chi connectivity index (χ3v) is 3.44. The van der Waals surface area contributed by atoms with Gasteiger partial charge in [-0.1, -0.05) is 20.8 Å². The first kappa shape index (κ1) is 11.0. The molecule has 0 spiro atoms. The van der Waals surface area contributed by atoms with Gasteiger partial charge in [-0.2, -0.15) is 0 Å². The Hall–Kier alpha value is -0.0800. The zero-order chi connectivity index (χ0) is 10.1. The first-order valence-electron chi connectivity index (χ1n) is 5.42. The molecular formula is C11H24N2. The molecule has 0 bridgehead atoms. The van der Waals surface area contributed by atoms with Crippen molar-refractivity contribution in [3.63, 3.8) is 0 Å². The number of nitrogens with two attached hydrogens (primary N) is 2. The fourth-order valence-electron chi connectivity index (χ4n) is 3.01. The molecule has 3 unspecified atom stereocenters. The first-order valence-corrected chi connectivity index (χ1v) is 5.42. The summed E-state index contributed by atoms with van der Waals surface area (Å²) in [6.45, 7) is 7.74. The van der Waals surface area contributed by atoms with Crippen LogP contribution >= 0.6 is 0 Å². The molecule has 2 heteroatoms. The van der Waals surface area contributed by atoms with Gasteiger partial charge in [0.25, 0.3) is 0 Å². The highest BCUT2D eigenvalue weighted by Gasteiger charge is 2.36. The van der Waals surface area contributed by atoms with Crippen LogP contribution in [-0.2, 0) is 0 Å². The molecule has 1 aliphatic rings. The molecule has 0 aliphatic heterocycles. The highest BCUT2D eigenvalue weighted by Crippen LogP contribution is 2.41. The molecule has 4 N–H and O–H groups in total. The predicted octanol–water partition coefficient (Wildman–Crippen LogP) is 1.73. The molecule has 78 valence electrons. The molecule has 3 atom stereocenters. The second kappa shape index (κ2) is 3.97. The summed E-state index contributed by atoms with van der Waals surface area (Å²) in [6, 6.07) is 0.363. The monoisotopic (exact) mass is 184 g/mol. The van der Waals surface area contributed by atoms with E-state index in [0.29, 0.717) is 17.4 Å². The molecule has 13 heavy (non-hydrogen) atoms. The Morgan fingerprint density at radius 3 is 2.38 bits per heavy atom. The Morgan fingerprint density at radius 2 is 1.92 bits per heavy atom. The minimum Gasteiger partial charge on any atom is -0.330 e. The van der Waals surface area contributed by atoms with Crippen LogP contribution in [0.15, 0.2) is 0 Å². The van der Waals surface area contributed by atoms with Crippen molar-refractivity contribution >= 4 is 0 Å². The smallest absolute Gasteiger partial charge is 0.00752 e. The van der Waals surface area contributed by atoms with E-state index in [2.05, 4.69) is 20.8 Å². The van der Waals surface area contributed by atoms with Crippen molar-refractivity contribution in [2.24, 2.45) is 28.7 Å². The second-order valence-electron chi connectivity index (χ2n) is 5.45. The molecule has 2 nitrogen and oxygen atoms in total. The van der Waals surface area contributed by atoms with E-state index < -0.39 is 0 Å². The Bertz CT molecular complexity index is 151. The van der Waals surface area contributed by atoms with Gasteiger partial charge >= 0.3 is 0 Å². The van der Waals surface area contributed by atoms with Gasteiger partial charge in [-0.15, -0.1) is 0 Å². The third-order valence-electron chi connectivity index (χ3n) is 3.44. The number of hydrogen-bond donors (Lipinski definition) is 2. The van der Waals surface area contributed by atoms with Crippen LogP contribution in [0, 0.1) is 17.3 Å². The highest BCUT2D eigenvalue weighted by atomic mass is 14.7. The Labute approximate surface area is 82.1 Å². The van der Waals surface area contributed by atoms with E-state index in [1.807, 2.05) is 0 Å². The van der Waals surface area contributed by atoms with E-state index in [1.54, 1.807) is 0 Å². The van der Waals surface area contributed by atoms with Crippen LogP contribution < -0.4 is 11.5 Å². The molecule has 0 aromatic rings. The molecule has 0 heterocycles. The van der Waals surface area contributed by atoms with Crippen molar-refractivity contribution in [3.8, 4) is 0 Å². The zero-order valence-electron chi connectivity index (χ0n) is 9.22. The van der Waals surface area contributed by atoms with Gasteiger partial charge in [0.2, 0.25) is 0 Å². The summed E-state index contributed by atoms with van der Waals surface area (Å²) in [5.41, 5.74) is 12.2. The standard InChI is InChI=1S/C11H24N2/c1-8-6-11(2,3)7-10(13)9(8)4-5-12/h8-10H,4-7,12-13H2,1-3H3. The summed E-state index contributed by atoms with van der Waals surface area (Å²) < 4.78 is 0. The van der Waals surface area contributed by atoms with E-state index in [4.69, 9.17) is 11.5 Å². The Kier molecular flexibility index (Phi) is 3.36. The third kappa shape index (κ3) is 2.68. The summed E-state index contributed by atoms with van der Waals surface area (Å²) in [7, 11) is 0.